The van der Waals surface area contributed by atoms with Gasteiger partial charge >= 0.3 is 11.7 Å². The van der Waals surface area contributed by atoms with E-state index in [0.29, 0.717) is 14.9 Å². The van der Waals surface area contributed by atoms with Gasteiger partial charge in [0.05, 0.1) is 21.9 Å². The molecule has 2 heterocycles. The van der Waals surface area contributed by atoms with Gasteiger partial charge < -0.3 is 5.11 Å². The number of rotatable bonds is 5. The fraction of sp³-hybridized carbons (Fsp3) is 0.100. The van der Waals surface area contributed by atoms with Crippen LogP contribution >= 0.6 is 23.1 Å². The van der Waals surface area contributed by atoms with E-state index >= 15 is 0 Å². The number of hydrogen-bond acceptors (Lipinski definition) is 7. The van der Waals surface area contributed by atoms with Gasteiger partial charge in [-0.1, -0.05) is 11.8 Å². The summed E-state index contributed by atoms with van der Waals surface area (Å²) in [7, 11) is 0. The maximum atomic E-state index is 10.8. The molecule has 0 spiro atoms. The van der Waals surface area contributed by atoms with Gasteiger partial charge in [0.1, 0.15) is 6.20 Å². The first-order valence-electron chi connectivity index (χ1n) is 4.98. The maximum absolute atomic E-state index is 10.8. The van der Waals surface area contributed by atoms with Crippen molar-refractivity contribution in [3.63, 3.8) is 0 Å². The second-order valence-corrected chi connectivity index (χ2v) is 5.53. The molecular formula is C10H7N3O4S2. The number of carbonyl (C=O) groups is 1. The molecule has 0 saturated carbocycles. The Kier molecular flexibility index (Phi) is 4.07. The molecule has 2 rings (SSSR count). The number of carboxylic acids is 1. The zero-order valence-electron chi connectivity index (χ0n) is 9.35. The zero-order chi connectivity index (χ0) is 13.8. The predicted octanol–water partition coefficient (Wildman–Crippen LogP) is 2.22. The van der Waals surface area contributed by atoms with Crippen molar-refractivity contribution < 1.29 is 14.8 Å². The molecule has 7 nitrogen and oxygen atoms in total. The topological polar surface area (TPSA) is 106 Å². The largest absolute Gasteiger partial charge is 0.481 e. The molecule has 2 aromatic rings. The highest BCUT2D eigenvalue weighted by atomic mass is 32.2. The van der Waals surface area contributed by atoms with Crippen LogP contribution in [0.25, 0.3) is 0 Å². The highest BCUT2D eigenvalue weighted by molar-refractivity contribution is 8.01. The van der Waals surface area contributed by atoms with E-state index in [0.717, 1.165) is 11.8 Å². The summed E-state index contributed by atoms with van der Waals surface area (Å²) in [4.78, 5) is 29.1. The van der Waals surface area contributed by atoms with Gasteiger partial charge in [0.15, 0.2) is 4.34 Å². The lowest BCUT2D eigenvalue weighted by Crippen LogP contribution is -1.99. The number of nitrogens with zero attached hydrogens (tertiary/aromatic N) is 3. The summed E-state index contributed by atoms with van der Waals surface area (Å²) in [5.41, 5.74) is 0.346. The van der Waals surface area contributed by atoms with Crippen molar-refractivity contribution in [1.82, 2.24) is 9.97 Å². The van der Waals surface area contributed by atoms with Crippen LogP contribution in [0.4, 0.5) is 5.69 Å². The highest BCUT2D eigenvalue weighted by Gasteiger charge is 2.16. The molecule has 0 bridgehead atoms. The fourth-order valence-electron chi connectivity index (χ4n) is 1.26. The Bertz CT molecular complexity index is 629. The van der Waals surface area contributed by atoms with Crippen LogP contribution < -0.4 is 0 Å². The molecule has 19 heavy (non-hydrogen) atoms. The summed E-state index contributed by atoms with van der Waals surface area (Å²) >= 11 is 2.38. The van der Waals surface area contributed by atoms with Gasteiger partial charge in [0, 0.05) is 11.6 Å². The number of aliphatic carboxylic acids is 1. The third-order valence-electron chi connectivity index (χ3n) is 2.02. The Hall–Kier alpha value is -2.00. The first-order valence-corrected chi connectivity index (χ1v) is 6.68. The molecule has 0 amide bonds. The Labute approximate surface area is 115 Å². The number of hydrogen-bond donors (Lipinski definition) is 1. The molecule has 0 saturated heterocycles. The van der Waals surface area contributed by atoms with E-state index < -0.39 is 10.9 Å². The van der Waals surface area contributed by atoms with Crippen molar-refractivity contribution in [2.45, 2.75) is 15.7 Å². The number of thiazole rings is 1. The molecule has 1 N–H and O–H groups in total. The van der Waals surface area contributed by atoms with Gasteiger partial charge in [-0.05, 0) is 6.07 Å². The van der Waals surface area contributed by atoms with Crippen LogP contribution in [-0.4, -0.2) is 26.0 Å². The van der Waals surface area contributed by atoms with Gasteiger partial charge in [-0.15, -0.1) is 11.3 Å². The van der Waals surface area contributed by atoms with Gasteiger partial charge in [0.2, 0.25) is 0 Å². The smallest absolute Gasteiger partial charge is 0.309 e. The first kappa shape index (κ1) is 13.4. The quantitative estimate of drug-likeness (QED) is 0.666. The standard InChI is InChI=1S/C10H7N3O4S2/c14-9(15)3-6-5-18-10(12-6)19-8-1-2-11-4-7(8)13(16)17/h1-2,4-5H,3H2,(H,14,15). The minimum absolute atomic E-state index is 0.0949. The molecule has 0 aliphatic heterocycles. The molecule has 98 valence electrons. The molecular weight excluding hydrogens is 290 g/mol. The lowest BCUT2D eigenvalue weighted by Gasteiger charge is -1.98. The van der Waals surface area contributed by atoms with Crippen molar-refractivity contribution >= 4 is 34.8 Å². The fourth-order valence-corrected chi connectivity index (χ4v) is 3.12. The van der Waals surface area contributed by atoms with E-state index in [1.807, 2.05) is 0 Å². The van der Waals surface area contributed by atoms with Crippen LogP contribution in [0.2, 0.25) is 0 Å². The van der Waals surface area contributed by atoms with Crippen LogP contribution in [0, 0.1) is 10.1 Å². The lowest BCUT2D eigenvalue weighted by molar-refractivity contribution is -0.388. The second kappa shape index (κ2) is 5.76. The molecule has 0 unspecified atom stereocenters. The Balaban J connectivity index is 2.19. The summed E-state index contributed by atoms with van der Waals surface area (Å²) in [6, 6.07) is 1.53. The number of pyridine rings is 1. The molecule has 2 aromatic heterocycles. The van der Waals surface area contributed by atoms with Crippen LogP contribution in [-0.2, 0) is 11.2 Å². The monoisotopic (exact) mass is 297 g/mol. The Morgan fingerprint density at radius 2 is 2.37 bits per heavy atom. The summed E-state index contributed by atoms with van der Waals surface area (Å²) in [6.07, 6.45) is 2.48. The van der Waals surface area contributed by atoms with Gasteiger partial charge in [0.25, 0.3) is 0 Å². The number of carboxylic acid groups (broad SMARTS) is 1. The van der Waals surface area contributed by atoms with E-state index in [1.54, 1.807) is 5.38 Å². The van der Waals surface area contributed by atoms with E-state index in [-0.39, 0.29) is 12.1 Å². The van der Waals surface area contributed by atoms with Gasteiger partial charge in [-0.2, -0.15) is 0 Å². The summed E-state index contributed by atoms with van der Waals surface area (Å²) in [5.74, 6) is -0.961. The summed E-state index contributed by atoms with van der Waals surface area (Å²) in [5, 5.41) is 21.1. The normalized spacial score (nSPS) is 10.3. The van der Waals surface area contributed by atoms with Gasteiger partial charge in [-0.25, -0.2) is 4.98 Å². The van der Waals surface area contributed by atoms with Crippen molar-refractivity contribution in [1.29, 1.82) is 0 Å². The third kappa shape index (κ3) is 3.48. The van der Waals surface area contributed by atoms with Crippen molar-refractivity contribution in [2.75, 3.05) is 0 Å². The SMILES string of the molecule is O=C(O)Cc1csc(Sc2ccncc2[N+](=O)[O-])n1. The first-order chi connectivity index (χ1) is 9.06. The van der Waals surface area contributed by atoms with E-state index in [1.165, 1.54) is 29.8 Å². The van der Waals surface area contributed by atoms with Crippen molar-refractivity contribution in [3.05, 3.63) is 39.6 Å². The molecule has 0 aliphatic rings. The average Bonchev–Trinajstić information content (AvgIpc) is 2.76. The minimum atomic E-state index is -0.961. The summed E-state index contributed by atoms with van der Waals surface area (Å²) < 4.78 is 0.561. The summed E-state index contributed by atoms with van der Waals surface area (Å²) in [6.45, 7) is 0. The van der Waals surface area contributed by atoms with E-state index in [2.05, 4.69) is 9.97 Å². The minimum Gasteiger partial charge on any atom is -0.481 e. The van der Waals surface area contributed by atoms with E-state index in [9.17, 15) is 14.9 Å². The maximum Gasteiger partial charge on any atom is 0.309 e. The molecule has 0 fully saturated rings. The number of nitro groups is 1. The van der Waals surface area contributed by atoms with Crippen molar-refractivity contribution in [2.24, 2.45) is 0 Å². The Morgan fingerprint density at radius 1 is 1.58 bits per heavy atom. The van der Waals surface area contributed by atoms with Gasteiger partial charge in [-0.3, -0.25) is 19.9 Å². The Morgan fingerprint density at radius 3 is 3.05 bits per heavy atom. The third-order valence-corrected chi connectivity index (χ3v) is 4.07. The van der Waals surface area contributed by atoms with Crippen LogP contribution in [0.15, 0.2) is 33.1 Å². The zero-order valence-corrected chi connectivity index (χ0v) is 11.0. The second-order valence-electron chi connectivity index (χ2n) is 3.38. The lowest BCUT2D eigenvalue weighted by atomic mass is 10.3. The molecule has 0 atom stereocenters. The molecule has 0 aromatic carbocycles. The van der Waals surface area contributed by atoms with Crippen molar-refractivity contribution in [3.8, 4) is 0 Å². The number of aromatic nitrogens is 2. The molecule has 9 heteroatoms. The van der Waals surface area contributed by atoms with Crippen LogP contribution in [0.3, 0.4) is 0 Å². The van der Waals surface area contributed by atoms with E-state index in [4.69, 9.17) is 5.11 Å². The highest BCUT2D eigenvalue weighted by Crippen LogP contribution is 2.35. The molecule has 0 aliphatic carbocycles. The molecule has 0 radical (unpaired) electrons. The van der Waals surface area contributed by atoms with Crippen LogP contribution in [0.1, 0.15) is 5.69 Å². The predicted molar refractivity (Wildman–Crippen MR) is 68.5 cm³/mol. The average molecular weight is 297 g/mol. The van der Waals surface area contributed by atoms with Crippen LogP contribution in [0.5, 0.6) is 0 Å².